The van der Waals surface area contributed by atoms with Crippen molar-refractivity contribution >= 4 is 11.4 Å². The third-order valence-electron chi connectivity index (χ3n) is 4.64. The van der Waals surface area contributed by atoms with Gasteiger partial charge in [0.05, 0.1) is 7.11 Å². The molecule has 0 spiro atoms. The Bertz CT molecular complexity index is 958. The van der Waals surface area contributed by atoms with Crippen LogP contribution in [0.4, 0.5) is 11.4 Å². The maximum absolute atomic E-state index is 5.96. The van der Waals surface area contributed by atoms with Gasteiger partial charge in [-0.2, -0.15) is 0 Å². The summed E-state index contributed by atoms with van der Waals surface area (Å²) in [4.78, 5) is 2.27. The highest BCUT2D eigenvalue weighted by Gasteiger charge is 2.14. The zero-order chi connectivity index (χ0) is 19.2. The van der Waals surface area contributed by atoms with Gasteiger partial charge in [-0.15, -0.1) is 0 Å². The summed E-state index contributed by atoms with van der Waals surface area (Å²) in [6, 6.07) is 26.2. The van der Waals surface area contributed by atoms with Crippen molar-refractivity contribution in [1.82, 2.24) is 0 Å². The van der Waals surface area contributed by atoms with Crippen LogP contribution in [0.2, 0.25) is 0 Å². The van der Waals surface area contributed by atoms with E-state index in [-0.39, 0.29) is 0 Å². The highest BCUT2D eigenvalue weighted by Crippen LogP contribution is 2.33. The molecule has 4 rings (SSSR count). The molecule has 28 heavy (non-hydrogen) atoms. The molecule has 0 saturated carbocycles. The molecule has 3 aromatic carbocycles. The lowest BCUT2D eigenvalue weighted by Crippen LogP contribution is -2.15. The highest BCUT2D eigenvalue weighted by molar-refractivity contribution is 5.70. The summed E-state index contributed by atoms with van der Waals surface area (Å²) in [5, 5.41) is 0. The fourth-order valence-electron chi connectivity index (χ4n) is 3.23. The van der Waals surface area contributed by atoms with Crippen LogP contribution in [0.3, 0.4) is 0 Å². The maximum atomic E-state index is 5.96. The van der Waals surface area contributed by atoms with Gasteiger partial charge in [0.15, 0.2) is 0 Å². The molecule has 0 fully saturated rings. The van der Waals surface area contributed by atoms with Crippen LogP contribution in [0.15, 0.2) is 103 Å². The molecule has 0 radical (unpaired) electrons. The zero-order valence-corrected chi connectivity index (χ0v) is 15.9. The molecule has 0 aromatic heterocycles. The van der Waals surface area contributed by atoms with Crippen molar-refractivity contribution in [1.29, 1.82) is 0 Å². The largest absolute Gasteiger partial charge is 0.497 e. The Balaban J connectivity index is 1.59. The lowest BCUT2D eigenvalue weighted by Gasteiger charge is -2.27. The normalized spacial score (nSPS) is 13.0. The van der Waals surface area contributed by atoms with Gasteiger partial charge in [0.25, 0.3) is 0 Å². The van der Waals surface area contributed by atoms with Gasteiger partial charge >= 0.3 is 0 Å². The monoisotopic (exact) mass is 369 g/mol. The van der Waals surface area contributed by atoms with Crippen molar-refractivity contribution < 1.29 is 9.47 Å². The van der Waals surface area contributed by atoms with Crippen LogP contribution in [0.25, 0.3) is 0 Å². The van der Waals surface area contributed by atoms with Gasteiger partial charge in [-0.05, 0) is 79.6 Å². The summed E-state index contributed by atoms with van der Waals surface area (Å²) in [5.74, 6) is 2.40. The number of ether oxygens (including phenoxy) is 2. The molecule has 3 nitrogen and oxygen atoms in total. The molecule has 0 N–H and O–H groups in total. The van der Waals surface area contributed by atoms with Crippen LogP contribution in [0.1, 0.15) is 12.8 Å². The van der Waals surface area contributed by atoms with E-state index in [2.05, 4.69) is 59.5 Å². The van der Waals surface area contributed by atoms with E-state index < -0.39 is 0 Å². The first-order valence-electron chi connectivity index (χ1n) is 9.47. The summed E-state index contributed by atoms with van der Waals surface area (Å²) in [5.41, 5.74) is 3.44. The number of allylic oxidation sites excluding steroid dienone is 3. The number of nitrogens with zero attached hydrogens (tertiary/aromatic N) is 1. The number of hydrogen-bond acceptors (Lipinski definition) is 3. The fourth-order valence-corrected chi connectivity index (χ4v) is 3.23. The Morgan fingerprint density at radius 1 is 0.679 bits per heavy atom. The molecule has 3 aromatic rings. The van der Waals surface area contributed by atoms with Gasteiger partial charge in [0.2, 0.25) is 0 Å². The summed E-state index contributed by atoms with van der Waals surface area (Å²) < 4.78 is 11.2. The van der Waals surface area contributed by atoms with Gasteiger partial charge in [-0.1, -0.05) is 30.4 Å². The average molecular weight is 369 g/mol. The lowest BCUT2D eigenvalue weighted by molar-refractivity contribution is 0.413. The van der Waals surface area contributed by atoms with Gasteiger partial charge < -0.3 is 14.4 Å². The first kappa shape index (κ1) is 17.9. The first-order chi connectivity index (χ1) is 13.8. The predicted molar refractivity (Wildman–Crippen MR) is 115 cm³/mol. The van der Waals surface area contributed by atoms with Crippen LogP contribution in [0, 0.1) is 0 Å². The summed E-state index contributed by atoms with van der Waals surface area (Å²) in [6.45, 7) is 0. The molecule has 0 saturated heterocycles. The van der Waals surface area contributed by atoms with Gasteiger partial charge in [0.1, 0.15) is 17.2 Å². The molecular weight excluding hydrogens is 346 g/mol. The second kappa shape index (κ2) is 8.49. The predicted octanol–water partition coefficient (Wildman–Crippen LogP) is 6.86. The minimum absolute atomic E-state index is 0.784. The van der Waals surface area contributed by atoms with Crippen molar-refractivity contribution in [2.45, 2.75) is 12.8 Å². The quantitative estimate of drug-likeness (QED) is 0.474. The number of anilines is 2. The Kier molecular flexibility index (Phi) is 5.43. The van der Waals surface area contributed by atoms with Gasteiger partial charge in [-0.3, -0.25) is 0 Å². The van der Waals surface area contributed by atoms with E-state index >= 15 is 0 Å². The molecule has 1 aliphatic carbocycles. The third-order valence-corrected chi connectivity index (χ3v) is 4.64. The molecule has 0 unspecified atom stereocenters. The number of benzene rings is 3. The number of para-hydroxylation sites is 1. The molecule has 0 heterocycles. The van der Waals surface area contributed by atoms with Crippen LogP contribution < -0.4 is 14.4 Å². The van der Waals surface area contributed by atoms with E-state index in [0.717, 1.165) is 41.5 Å². The van der Waals surface area contributed by atoms with Crippen molar-refractivity contribution in [2.24, 2.45) is 0 Å². The highest BCUT2D eigenvalue weighted by atomic mass is 16.5. The van der Waals surface area contributed by atoms with E-state index in [1.807, 2.05) is 42.5 Å². The van der Waals surface area contributed by atoms with E-state index in [0.29, 0.717) is 0 Å². The molecule has 0 bridgehead atoms. The minimum Gasteiger partial charge on any atom is -0.497 e. The summed E-state index contributed by atoms with van der Waals surface area (Å²) >= 11 is 0. The van der Waals surface area contributed by atoms with Gasteiger partial charge in [-0.25, -0.2) is 0 Å². The molecule has 1 aliphatic rings. The Labute approximate surface area is 166 Å². The fraction of sp³-hybridized carbons (Fsp3) is 0.120. The standard InChI is InChI=1S/C25H23NO2/c1-27-23-16-18-25(19-17-23)28-24-14-12-22(13-15-24)26(20-8-4-2-5-9-20)21-10-6-3-7-11-21/h2,4-6,8-19H,3,7H2,1H3. The number of hydrogen-bond donors (Lipinski definition) is 0. The van der Waals surface area contributed by atoms with E-state index in [4.69, 9.17) is 9.47 Å². The van der Waals surface area contributed by atoms with E-state index in [1.54, 1.807) is 7.11 Å². The Morgan fingerprint density at radius 2 is 1.29 bits per heavy atom. The molecule has 0 aliphatic heterocycles. The van der Waals surface area contributed by atoms with Gasteiger partial charge in [0, 0.05) is 17.1 Å². The maximum Gasteiger partial charge on any atom is 0.127 e. The van der Waals surface area contributed by atoms with Crippen molar-refractivity contribution in [2.75, 3.05) is 12.0 Å². The van der Waals surface area contributed by atoms with Crippen LogP contribution in [-0.4, -0.2) is 7.11 Å². The first-order valence-corrected chi connectivity index (χ1v) is 9.47. The molecule has 0 atom stereocenters. The number of rotatable bonds is 6. The average Bonchev–Trinajstić information content (AvgIpc) is 2.77. The topological polar surface area (TPSA) is 21.7 Å². The van der Waals surface area contributed by atoms with Crippen LogP contribution in [-0.2, 0) is 0 Å². The smallest absolute Gasteiger partial charge is 0.127 e. The van der Waals surface area contributed by atoms with E-state index in [1.165, 1.54) is 5.70 Å². The lowest BCUT2D eigenvalue weighted by atomic mass is 10.1. The van der Waals surface area contributed by atoms with Crippen molar-refractivity contribution in [3.63, 3.8) is 0 Å². The molecule has 0 amide bonds. The van der Waals surface area contributed by atoms with Crippen LogP contribution in [0.5, 0.6) is 17.2 Å². The molecule has 3 heteroatoms. The van der Waals surface area contributed by atoms with E-state index in [9.17, 15) is 0 Å². The SMILES string of the molecule is COc1ccc(Oc2ccc(N(C3=CCCC=C3)c3ccccc3)cc2)cc1. The summed E-state index contributed by atoms with van der Waals surface area (Å²) in [7, 11) is 1.66. The minimum atomic E-state index is 0.784. The Hall–Kier alpha value is -3.46. The number of methoxy groups -OCH3 is 1. The molecule has 140 valence electrons. The van der Waals surface area contributed by atoms with Crippen molar-refractivity contribution in [3.8, 4) is 17.2 Å². The Morgan fingerprint density at radius 3 is 1.89 bits per heavy atom. The second-order valence-electron chi connectivity index (χ2n) is 6.55. The second-order valence-corrected chi connectivity index (χ2v) is 6.55. The van der Waals surface area contributed by atoms with Crippen LogP contribution >= 0.6 is 0 Å². The summed E-state index contributed by atoms with van der Waals surface area (Å²) in [6.07, 6.45) is 8.87. The van der Waals surface area contributed by atoms with Crippen molar-refractivity contribution in [3.05, 3.63) is 103 Å². The zero-order valence-electron chi connectivity index (χ0n) is 15.9. The molecular formula is C25H23NO2. The third kappa shape index (κ3) is 4.09.